The predicted molar refractivity (Wildman–Crippen MR) is 84.1 cm³/mol. The van der Waals surface area contributed by atoms with Crippen molar-refractivity contribution in [1.82, 2.24) is 4.90 Å². The van der Waals surface area contributed by atoms with Gasteiger partial charge in [-0.05, 0) is 29.9 Å². The number of thioether (sulfide) groups is 1. The monoisotopic (exact) mass is 294 g/mol. The molecule has 1 atom stereocenters. The standard InChI is InChI=1S/C15H22N2O2S/c1-2-20-11-12-4-3-5-14(8-12)16-15(19)17-7-6-13(9-17)10-18/h3-5,8,13,18H,2,6-7,9-11H2,1H3,(H,16,19). The molecule has 0 radical (unpaired) electrons. The highest BCUT2D eigenvalue weighted by molar-refractivity contribution is 7.98. The molecule has 20 heavy (non-hydrogen) atoms. The molecule has 0 spiro atoms. The average molecular weight is 294 g/mol. The number of aliphatic hydroxyl groups is 1. The van der Waals surface area contributed by atoms with E-state index in [2.05, 4.69) is 18.3 Å². The Morgan fingerprint density at radius 3 is 3.10 bits per heavy atom. The minimum atomic E-state index is -0.0683. The summed E-state index contributed by atoms with van der Waals surface area (Å²) in [4.78, 5) is 13.9. The molecule has 1 saturated heterocycles. The van der Waals surface area contributed by atoms with Crippen molar-refractivity contribution in [2.75, 3.05) is 30.8 Å². The molecule has 1 aromatic rings. The van der Waals surface area contributed by atoms with Crippen LogP contribution in [0.1, 0.15) is 18.9 Å². The minimum Gasteiger partial charge on any atom is -0.396 e. The van der Waals surface area contributed by atoms with E-state index in [1.165, 1.54) is 5.56 Å². The van der Waals surface area contributed by atoms with E-state index < -0.39 is 0 Å². The second-order valence-corrected chi connectivity index (χ2v) is 6.33. The molecule has 1 heterocycles. The first-order valence-corrected chi connectivity index (χ1v) is 8.22. The zero-order chi connectivity index (χ0) is 14.4. The van der Waals surface area contributed by atoms with Crippen LogP contribution in [0.3, 0.4) is 0 Å². The van der Waals surface area contributed by atoms with Crippen LogP contribution >= 0.6 is 11.8 Å². The van der Waals surface area contributed by atoms with E-state index in [1.807, 2.05) is 30.0 Å². The Hall–Kier alpha value is -1.20. The zero-order valence-electron chi connectivity index (χ0n) is 11.8. The summed E-state index contributed by atoms with van der Waals surface area (Å²) in [5.41, 5.74) is 2.07. The fourth-order valence-electron chi connectivity index (χ4n) is 2.33. The van der Waals surface area contributed by atoms with Crippen LogP contribution in [0.25, 0.3) is 0 Å². The van der Waals surface area contributed by atoms with Crippen molar-refractivity contribution in [3.8, 4) is 0 Å². The number of rotatable bonds is 5. The van der Waals surface area contributed by atoms with E-state index in [0.717, 1.165) is 30.2 Å². The quantitative estimate of drug-likeness (QED) is 0.878. The molecular formula is C15H22N2O2S. The first kappa shape index (κ1) is 15.2. The number of carbonyl (C=O) groups excluding carboxylic acids is 1. The first-order valence-electron chi connectivity index (χ1n) is 7.06. The van der Waals surface area contributed by atoms with Crippen molar-refractivity contribution in [3.63, 3.8) is 0 Å². The lowest BCUT2D eigenvalue weighted by molar-refractivity contribution is 0.209. The lowest BCUT2D eigenvalue weighted by atomic mass is 10.1. The molecular weight excluding hydrogens is 272 g/mol. The third-order valence-electron chi connectivity index (χ3n) is 3.48. The number of nitrogens with zero attached hydrogens (tertiary/aromatic N) is 1. The van der Waals surface area contributed by atoms with Crippen molar-refractivity contribution >= 4 is 23.5 Å². The Balaban J connectivity index is 1.91. The van der Waals surface area contributed by atoms with E-state index in [9.17, 15) is 4.79 Å². The molecule has 1 aliphatic heterocycles. The van der Waals surface area contributed by atoms with Gasteiger partial charge in [-0.25, -0.2) is 4.79 Å². The third kappa shape index (κ3) is 4.15. The summed E-state index contributed by atoms with van der Waals surface area (Å²) in [5.74, 6) is 2.29. The second kappa shape index (κ2) is 7.55. The Kier molecular flexibility index (Phi) is 5.73. The summed E-state index contributed by atoms with van der Waals surface area (Å²) < 4.78 is 0. The molecule has 1 unspecified atom stereocenters. The molecule has 4 nitrogen and oxygen atoms in total. The maximum absolute atomic E-state index is 12.1. The van der Waals surface area contributed by atoms with Crippen molar-refractivity contribution in [2.24, 2.45) is 5.92 Å². The molecule has 1 fully saturated rings. The van der Waals surface area contributed by atoms with E-state index in [0.29, 0.717) is 6.54 Å². The average Bonchev–Trinajstić information content (AvgIpc) is 2.94. The van der Waals surface area contributed by atoms with E-state index >= 15 is 0 Å². The predicted octanol–water partition coefficient (Wildman–Crippen LogP) is 2.79. The fourth-order valence-corrected chi connectivity index (χ4v) is 2.95. The van der Waals surface area contributed by atoms with Crippen LogP contribution in [-0.2, 0) is 5.75 Å². The van der Waals surface area contributed by atoms with Gasteiger partial charge in [-0.15, -0.1) is 0 Å². The van der Waals surface area contributed by atoms with Gasteiger partial charge in [0.05, 0.1) is 0 Å². The van der Waals surface area contributed by atoms with Crippen LogP contribution in [0, 0.1) is 5.92 Å². The van der Waals surface area contributed by atoms with Crippen molar-refractivity contribution in [1.29, 1.82) is 0 Å². The second-order valence-electron chi connectivity index (χ2n) is 5.05. The number of aliphatic hydroxyl groups excluding tert-OH is 1. The molecule has 2 N–H and O–H groups in total. The van der Waals surface area contributed by atoms with Gasteiger partial charge in [0, 0.05) is 37.1 Å². The summed E-state index contributed by atoms with van der Waals surface area (Å²) in [6.45, 7) is 3.67. The topological polar surface area (TPSA) is 52.6 Å². The summed E-state index contributed by atoms with van der Waals surface area (Å²) in [7, 11) is 0. The van der Waals surface area contributed by atoms with Crippen molar-refractivity contribution in [2.45, 2.75) is 19.1 Å². The molecule has 2 amide bonds. The number of nitrogens with one attached hydrogen (secondary N) is 1. The van der Waals surface area contributed by atoms with Gasteiger partial charge in [0.2, 0.25) is 0 Å². The molecule has 2 rings (SSSR count). The third-order valence-corrected chi connectivity index (χ3v) is 4.43. The first-order chi connectivity index (χ1) is 9.72. The van der Waals surface area contributed by atoms with E-state index in [1.54, 1.807) is 4.90 Å². The van der Waals surface area contributed by atoms with Gasteiger partial charge in [0.25, 0.3) is 0 Å². The molecule has 0 aromatic heterocycles. The van der Waals surface area contributed by atoms with Gasteiger partial charge >= 0.3 is 6.03 Å². The van der Waals surface area contributed by atoms with Gasteiger partial charge < -0.3 is 15.3 Å². The fraction of sp³-hybridized carbons (Fsp3) is 0.533. The lowest BCUT2D eigenvalue weighted by Crippen LogP contribution is -2.33. The van der Waals surface area contributed by atoms with Crippen molar-refractivity contribution in [3.05, 3.63) is 29.8 Å². The van der Waals surface area contributed by atoms with Gasteiger partial charge in [-0.3, -0.25) is 0 Å². The Morgan fingerprint density at radius 1 is 1.55 bits per heavy atom. The maximum Gasteiger partial charge on any atom is 0.321 e. The number of amides is 2. The normalized spacial score (nSPS) is 18.3. The molecule has 0 aliphatic carbocycles. The van der Waals surface area contributed by atoms with Crippen LogP contribution in [0.2, 0.25) is 0 Å². The van der Waals surface area contributed by atoms with Crippen molar-refractivity contribution < 1.29 is 9.90 Å². The molecule has 0 bridgehead atoms. The highest BCUT2D eigenvalue weighted by Crippen LogP contribution is 2.19. The van der Waals surface area contributed by atoms with Gasteiger partial charge in [0.1, 0.15) is 0 Å². The number of hydrogen-bond donors (Lipinski definition) is 2. The largest absolute Gasteiger partial charge is 0.396 e. The Bertz CT molecular complexity index is 453. The molecule has 1 aromatic carbocycles. The Morgan fingerprint density at radius 2 is 2.40 bits per heavy atom. The molecule has 5 heteroatoms. The van der Waals surface area contributed by atoms with Crippen LogP contribution in [0.4, 0.5) is 10.5 Å². The van der Waals surface area contributed by atoms with Crippen LogP contribution in [0.15, 0.2) is 24.3 Å². The minimum absolute atomic E-state index is 0.0683. The number of hydrogen-bond acceptors (Lipinski definition) is 3. The SMILES string of the molecule is CCSCc1cccc(NC(=O)N2CCC(CO)C2)c1. The van der Waals surface area contributed by atoms with Crippen LogP contribution in [0.5, 0.6) is 0 Å². The maximum atomic E-state index is 12.1. The van der Waals surface area contributed by atoms with Crippen LogP contribution in [-0.4, -0.2) is 41.5 Å². The number of urea groups is 1. The molecule has 0 saturated carbocycles. The Labute approximate surface area is 124 Å². The van der Waals surface area contributed by atoms with Crippen LogP contribution < -0.4 is 5.32 Å². The summed E-state index contributed by atoms with van der Waals surface area (Å²) in [6, 6.07) is 7.93. The lowest BCUT2D eigenvalue weighted by Gasteiger charge is -2.17. The highest BCUT2D eigenvalue weighted by atomic mass is 32.2. The molecule has 1 aliphatic rings. The molecule has 110 valence electrons. The van der Waals surface area contributed by atoms with E-state index in [-0.39, 0.29) is 18.6 Å². The summed E-state index contributed by atoms with van der Waals surface area (Å²) in [5, 5.41) is 12.1. The van der Waals surface area contributed by atoms with Gasteiger partial charge in [0.15, 0.2) is 0 Å². The smallest absolute Gasteiger partial charge is 0.321 e. The van der Waals surface area contributed by atoms with Gasteiger partial charge in [-0.2, -0.15) is 11.8 Å². The summed E-state index contributed by atoms with van der Waals surface area (Å²) in [6.07, 6.45) is 0.886. The number of anilines is 1. The summed E-state index contributed by atoms with van der Waals surface area (Å²) >= 11 is 1.87. The number of benzene rings is 1. The van der Waals surface area contributed by atoms with Gasteiger partial charge in [-0.1, -0.05) is 19.1 Å². The van der Waals surface area contributed by atoms with E-state index in [4.69, 9.17) is 5.11 Å². The highest BCUT2D eigenvalue weighted by Gasteiger charge is 2.25. The number of likely N-dealkylation sites (tertiary alicyclic amines) is 1. The zero-order valence-corrected chi connectivity index (χ0v) is 12.7. The number of carbonyl (C=O) groups is 1.